The van der Waals surface area contributed by atoms with Gasteiger partial charge in [-0.05, 0) is 36.4 Å². The Morgan fingerprint density at radius 3 is 2.57 bits per heavy atom. The molecule has 1 N–H and O–H groups in total. The van der Waals surface area contributed by atoms with Crippen molar-refractivity contribution in [2.75, 3.05) is 19.5 Å². The highest BCUT2D eigenvalue weighted by atomic mass is 16.5. The van der Waals surface area contributed by atoms with Crippen molar-refractivity contribution in [2.24, 2.45) is 0 Å². The molecule has 0 aliphatic heterocycles. The first-order valence-corrected chi connectivity index (χ1v) is 9.10. The van der Waals surface area contributed by atoms with Crippen molar-refractivity contribution >= 4 is 22.6 Å². The summed E-state index contributed by atoms with van der Waals surface area (Å²) in [7, 11) is 3.14. The normalized spacial score (nSPS) is 10.7. The number of carbonyl (C=O) groups excluding carboxylic acids is 1. The molecule has 30 heavy (non-hydrogen) atoms. The lowest BCUT2D eigenvalue weighted by atomic mass is 10.3. The smallest absolute Gasteiger partial charge is 0.264 e. The Hall–Kier alpha value is -4.14. The number of fused-ring (bicyclic) bond motifs is 1. The number of carbonyl (C=O) groups is 1. The third kappa shape index (κ3) is 3.72. The summed E-state index contributed by atoms with van der Waals surface area (Å²) in [5, 5.41) is 7.34. The van der Waals surface area contributed by atoms with E-state index >= 15 is 0 Å². The third-order valence-corrected chi connectivity index (χ3v) is 4.54. The molecule has 4 aromatic rings. The minimum Gasteiger partial charge on any atom is -0.497 e. The predicted octanol–water partition coefficient (Wildman–Crippen LogP) is 2.24. The SMILES string of the molecule is COc1ccc(-n2ncc3c(=O)n(CC(=O)Nc4cccc(OC)c4)cnc32)cc1. The number of hydrogen-bond acceptors (Lipinski definition) is 6. The van der Waals surface area contributed by atoms with E-state index in [0.717, 1.165) is 5.69 Å². The van der Waals surface area contributed by atoms with E-state index in [4.69, 9.17) is 9.47 Å². The van der Waals surface area contributed by atoms with Crippen LogP contribution < -0.4 is 20.3 Å². The standard InChI is InChI=1S/C21H19N5O4/c1-29-16-8-6-15(7-9-16)26-20-18(11-23-26)21(28)25(13-22-20)12-19(27)24-14-4-3-5-17(10-14)30-2/h3-11,13H,12H2,1-2H3,(H,24,27). The summed E-state index contributed by atoms with van der Waals surface area (Å²) < 4.78 is 13.1. The van der Waals surface area contributed by atoms with Crippen LogP contribution in [0.2, 0.25) is 0 Å². The fourth-order valence-electron chi connectivity index (χ4n) is 3.03. The first-order chi connectivity index (χ1) is 14.6. The quantitative estimate of drug-likeness (QED) is 0.528. The molecule has 2 aromatic carbocycles. The molecule has 0 unspecified atom stereocenters. The van der Waals surface area contributed by atoms with Gasteiger partial charge >= 0.3 is 0 Å². The number of methoxy groups -OCH3 is 2. The van der Waals surface area contributed by atoms with Gasteiger partial charge in [-0.25, -0.2) is 9.67 Å². The highest BCUT2D eigenvalue weighted by molar-refractivity contribution is 5.90. The molecule has 0 bridgehead atoms. The van der Waals surface area contributed by atoms with Crippen LogP contribution in [0.5, 0.6) is 11.5 Å². The lowest BCUT2D eigenvalue weighted by Gasteiger charge is -2.09. The molecule has 152 valence electrons. The van der Waals surface area contributed by atoms with E-state index in [1.54, 1.807) is 55.3 Å². The Morgan fingerprint density at radius 1 is 1.07 bits per heavy atom. The molecule has 0 aliphatic carbocycles. The third-order valence-electron chi connectivity index (χ3n) is 4.54. The first kappa shape index (κ1) is 19.2. The highest BCUT2D eigenvalue weighted by Crippen LogP contribution is 2.18. The molecule has 2 aromatic heterocycles. The zero-order valence-corrected chi connectivity index (χ0v) is 16.4. The number of benzene rings is 2. The fraction of sp³-hybridized carbons (Fsp3) is 0.143. The Bertz CT molecular complexity index is 1260. The predicted molar refractivity (Wildman–Crippen MR) is 111 cm³/mol. The summed E-state index contributed by atoms with van der Waals surface area (Å²) in [6, 6.07) is 14.2. The van der Waals surface area contributed by atoms with Gasteiger partial charge in [-0.2, -0.15) is 5.10 Å². The molecular weight excluding hydrogens is 386 g/mol. The largest absolute Gasteiger partial charge is 0.497 e. The van der Waals surface area contributed by atoms with Crippen molar-refractivity contribution in [3.8, 4) is 17.2 Å². The van der Waals surface area contributed by atoms with Gasteiger partial charge in [0.15, 0.2) is 5.65 Å². The maximum Gasteiger partial charge on any atom is 0.264 e. The molecule has 0 aliphatic rings. The Kier molecular flexibility index (Phi) is 5.17. The summed E-state index contributed by atoms with van der Waals surface area (Å²) in [5.74, 6) is 0.987. The van der Waals surface area contributed by atoms with Crippen LogP contribution >= 0.6 is 0 Å². The zero-order chi connectivity index (χ0) is 21.1. The van der Waals surface area contributed by atoms with Crippen LogP contribution in [0.15, 0.2) is 65.8 Å². The van der Waals surface area contributed by atoms with Crippen LogP contribution in [0.25, 0.3) is 16.7 Å². The zero-order valence-electron chi connectivity index (χ0n) is 16.4. The minimum atomic E-state index is -0.353. The number of ether oxygens (including phenoxy) is 2. The van der Waals surface area contributed by atoms with Crippen molar-refractivity contribution < 1.29 is 14.3 Å². The minimum absolute atomic E-state index is 0.174. The second-order valence-electron chi connectivity index (χ2n) is 6.45. The molecule has 0 fully saturated rings. The van der Waals surface area contributed by atoms with Crippen molar-refractivity contribution in [2.45, 2.75) is 6.54 Å². The number of rotatable bonds is 6. The molecule has 9 nitrogen and oxygen atoms in total. The lowest BCUT2D eigenvalue weighted by molar-refractivity contribution is -0.116. The molecule has 0 radical (unpaired) electrons. The van der Waals surface area contributed by atoms with E-state index in [-0.39, 0.29) is 18.0 Å². The average Bonchev–Trinajstić information content (AvgIpc) is 3.21. The second-order valence-corrected chi connectivity index (χ2v) is 6.45. The molecule has 1 amide bonds. The summed E-state index contributed by atoms with van der Waals surface area (Å²) in [5.41, 5.74) is 1.38. The summed E-state index contributed by atoms with van der Waals surface area (Å²) >= 11 is 0. The number of anilines is 1. The van der Waals surface area contributed by atoms with Crippen molar-refractivity contribution in [1.29, 1.82) is 0 Å². The Morgan fingerprint density at radius 2 is 1.83 bits per heavy atom. The van der Waals surface area contributed by atoms with Crippen LogP contribution in [0.1, 0.15) is 0 Å². The van der Waals surface area contributed by atoms with Gasteiger partial charge in [-0.3, -0.25) is 14.2 Å². The van der Waals surface area contributed by atoms with Gasteiger partial charge in [0.1, 0.15) is 29.8 Å². The molecule has 0 saturated heterocycles. The monoisotopic (exact) mass is 405 g/mol. The number of nitrogens with one attached hydrogen (secondary N) is 1. The van der Waals surface area contributed by atoms with Crippen LogP contribution in [0, 0.1) is 0 Å². The maximum absolute atomic E-state index is 12.8. The molecule has 0 spiro atoms. The summed E-state index contributed by atoms with van der Waals surface area (Å²) in [6.45, 7) is -0.174. The first-order valence-electron chi connectivity index (χ1n) is 9.10. The average molecular weight is 405 g/mol. The van der Waals surface area contributed by atoms with Gasteiger partial charge in [0.2, 0.25) is 5.91 Å². The molecule has 0 atom stereocenters. The maximum atomic E-state index is 12.8. The van der Waals surface area contributed by atoms with Crippen molar-refractivity contribution in [3.05, 3.63) is 71.4 Å². The van der Waals surface area contributed by atoms with Gasteiger partial charge in [-0.1, -0.05) is 6.07 Å². The highest BCUT2D eigenvalue weighted by Gasteiger charge is 2.13. The van der Waals surface area contributed by atoms with E-state index in [1.807, 2.05) is 12.1 Å². The topological polar surface area (TPSA) is 100 Å². The lowest BCUT2D eigenvalue weighted by Crippen LogP contribution is -2.27. The van der Waals surface area contributed by atoms with E-state index in [0.29, 0.717) is 28.2 Å². The van der Waals surface area contributed by atoms with Gasteiger partial charge in [0, 0.05) is 11.8 Å². The Labute approximate surface area is 171 Å². The number of nitrogens with zero attached hydrogens (tertiary/aromatic N) is 4. The number of aromatic nitrogens is 4. The molecule has 0 saturated carbocycles. The van der Waals surface area contributed by atoms with Crippen LogP contribution in [-0.2, 0) is 11.3 Å². The molecule has 9 heteroatoms. The van der Waals surface area contributed by atoms with Crippen molar-refractivity contribution in [3.63, 3.8) is 0 Å². The van der Waals surface area contributed by atoms with Gasteiger partial charge in [0.05, 0.1) is 26.1 Å². The summed E-state index contributed by atoms with van der Waals surface area (Å²) in [6.07, 6.45) is 2.79. The van der Waals surface area contributed by atoms with Gasteiger partial charge in [0.25, 0.3) is 5.56 Å². The Balaban J connectivity index is 1.57. The number of amides is 1. The molecule has 4 rings (SSSR count). The fourth-order valence-corrected chi connectivity index (χ4v) is 3.03. The summed E-state index contributed by atoms with van der Waals surface area (Å²) in [4.78, 5) is 29.5. The molecular formula is C21H19N5O4. The van der Waals surface area contributed by atoms with E-state index < -0.39 is 0 Å². The van der Waals surface area contributed by atoms with Crippen LogP contribution in [0.3, 0.4) is 0 Å². The molecule has 2 heterocycles. The second kappa shape index (κ2) is 8.08. The van der Waals surface area contributed by atoms with E-state index in [2.05, 4.69) is 15.4 Å². The van der Waals surface area contributed by atoms with Crippen molar-refractivity contribution in [1.82, 2.24) is 19.3 Å². The van der Waals surface area contributed by atoms with Crippen LogP contribution in [0.4, 0.5) is 5.69 Å². The van der Waals surface area contributed by atoms with E-state index in [9.17, 15) is 9.59 Å². The number of hydrogen-bond donors (Lipinski definition) is 1. The van der Waals surface area contributed by atoms with Gasteiger partial charge < -0.3 is 14.8 Å². The van der Waals surface area contributed by atoms with Crippen LogP contribution in [-0.4, -0.2) is 39.5 Å². The van der Waals surface area contributed by atoms with E-state index in [1.165, 1.54) is 17.1 Å². The van der Waals surface area contributed by atoms with Gasteiger partial charge in [-0.15, -0.1) is 0 Å².